The number of hydrogen-bond acceptors (Lipinski definition) is 3. The summed E-state index contributed by atoms with van der Waals surface area (Å²) >= 11 is 0. The highest BCUT2D eigenvalue weighted by molar-refractivity contribution is 6.04. The zero-order valence-corrected chi connectivity index (χ0v) is 18.8. The van der Waals surface area contributed by atoms with Gasteiger partial charge in [-0.1, -0.05) is 48.5 Å². The standard InChI is InChI=1S/C26H30N4O3/c1-18(11-12-19-7-3-2-4-8-19)28-24(31)14-13-23-25(32)30(26(33)29-23)16-15-20-17-27-22-10-6-5-9-21(20)22/h2-10,17-18,23,27H,11-16H2,1H3,(H,28,31)(H,29,33)/t18?,23-/m0/s1. The fourth-order valence-corrected chi connectivity index (χ4v) is 4.28. The number of fused-ring (bicyclic) bond motifs is 1. The van der Waals surface area contributed by atoms with Gasteiger partial charge in [-0.05, 0) is 49.8 Å². The molecule has 3 N–H and O–H groups in total. The maximum absolute atomic E-state index is 12.7. The smallest absolute Gasteiger partial charge is 0.324 e. The van der Waals surface area contributed by atoms with E-state index in [9.17, 15) is 14.4 Å². The molecule has 1 unspecified atom stereocenters. The van der Waals surface area contributed by atoms with Gasteiger partial charge in [-0.25, -0.2) is 4.79 Å². The number of aryl methyl sites for hydroxylation is 1. The fraction of sp³-hybridized carbons (Fsp3) is 0.346. The summed E-state index contributed by atoms with van der Waals surface area (Å²) in [4.78, 5) is 41.9. The molecule has 1 aliphatic heterocycles. The molecule has 0 bridgehead atoms. The Labute approximate surface area is 193 Å². The monoisotopic (exact) mass is 446 g/mol. The number of nitrogens with one attached hydrogen (secondary N) is 3. The summed E-state index contributed by atoms with van der Waals surface area (Å²) in [5, 5.41) is 6.81. The van der Waals surface area contributed by atoms with E-state index >= 15 is 0 Å². The molecule has 2 heterocycles. The molecule has 3 aromatic rings. The number of nitrogens with zero attached hydrogens (tertiary/aromatic N) is 1. The molecule has 1 aliphatic rings. The Hall–Kier alpha value is -3.61. The molecule has 1 fully saturated rings. The van der Waals surface area contributed by atoms with Gasteiger partial charge < -0.3 is 15.6 Å². The third kappa shape index (κ3) is 5.61. The molecule has 33 heavy (non-hydrogen) atoms. The zero-order chi connectivity index (χ0) is 23.2. The van der Waals surface area contributed by atoms with Crippen LogP contribution in [0.15, 0.2) is 60.8 Å². The van der Waals surface area contributed by atoms with Crippen LogP contribution < -0.4 is 10.6 Å². The number of carbonyl (C=O) groups excluding carboxylic acids is 3. The van der Waals surface area contributed by atoms with Crippen molar-refractivity contribution in [3.63, 3.8) is 0 Å². The number of imide groups is 1. The summed E-state index contributed by atoms with van der Waals surface area (Å²) in [7, 11) is 0. The maximum atomic E-state index is 12.7. The van der Waals surface area contributed by atoms with Gasteiger partial charge in [0.05, 0.1) is 0 Å². The van der Waals surface area contributed by atoms with E-state index in [0.29, 0.717) is 19.4 Å². The molecule has 7 nitrogen and oxygen atoms in total. The van der Waals surface area contributed by atoms with Crippen molar-refractivity contribution >= 4 is 28.7 Å². The van der Waals surface area contributed by atoms with Crippen LogP contribution in [0.3, 0.4) is 0 Å². The van der Waals surface area contributed by atoms with Crippen molar-refractivity contribution < 1.29 is 14.4 Å². The average Bonchev–Trinajstić information content (AvgIpc) is 3.35. The Morgan fingerprint density at radius 3 is 2.64 bits per heavy atom. The molecule has 0 saturated carbocycles. The van der Waals surface area contributed by atoms with Crippen LogP contribution in [0.25, 0.3) is 10.9 Å². The Bertz CT molecular complexity index is 1120. The molecular weight excluding hydrogens is 416 g/mol. The van der Waals surface area contributed by atoms with Gasteiger partial charge in [-0.15, -0.1) is 0 Å². The Balaban J connectivity index is 1.21. The van der Waals surface area contributed by atoms with Crippen LogP contribution >= 0.6 is 0 Å². The SMILES string of the molecule is CC(CCc1ccccc1)NC(=O)CC[C@@H]1NC(=O)N(CCc2c[nH]c3ccccc23)C1=O. The first-order chi connectivity index (χ1) is 16.0. The molecule has 0 spiro atoms. The van der Waals surface area contributed by atoms with Crippen molar-refractivity contribution in [3.8, 4) is 0 Å². The molecular formula is C26H30N4O3. The molecule has 7 heteroatoms. The number of benzene rings is 2. The van der Waals surface area contributed by atoms with E-state index in [2.05, 4.69) is 27.8 Å². The summed E-state index contributed by atoms with van der Waals surface area (Å²) in [6.45, 7) is 2.29. The van der Waals surface area contributed by atoms with Crippen LogP contribution in [0.2, 0.25) is 0 Å². The Kier molecular flexibility index (Phi) is 7.07. The molecule has 1 aromatic heterocycles. The summed E-state index contributed by atoms with van der Waals surface area (Å²) in [5.41, 5.74) is 3.34. The number of aromatic nitrogens is 1. The van der Waals surface area contributed by atoms with Crippen molar-refractivity contribution in [2.75, 3.05) is 6.54 Å². The van der Waals surface area contributed by atoms with Crippen molar-refractivity contribution in [2.45, 2.75) is 51.1 Å². The minimum Gasteiger partial charge on any atom is -0.361 e. The zero-order valence-electron chi connectivity index (χ0n) is 18.8. The highest BCUT2D eigenvalue weighted by Gasteiger charge is 2.37. The maximum Gasteiger partial charge on any atom is 0.324 e. The van der Waals surface area contributed by atoms with E-state index < -0.39 is 6.04 Å². The van der Waals surface area contributed by atoms with Crippen LogP contribution in [0.5, 0.6) is 0 Å². The Morgan fingerprint density at radius 2 is 1.82 bits per heavy atom. The number of amides is 4. The molecule has 0 aliphatic carbocycles. The van der Waals surface area contributed by atoms with E-state index in [0.717, 1.165) is 29.3 Å². The molecule has 4 amide bonds. The van der Waals surface area contributed by atoms with Crippen LogP contribution in [0, 0.1) is 0 Å². The van der Waals surface area contributed by atoms with E-state index in [1.807, 2.05) is 55.6 Å². The number of rotatable bonds is 10. The van der Waals surface area contributed by atoms with Crippen molar-refractivity contribution in [3.05, 3.63) is 71.9 Å². The molecule has 2 atom stereocenters. The fourth-order valence-electron chi connectivity index (χ4n) is 4.28. The number of hydrogen-bond donors (Lipinski definition) is 3. The van der Waals surface area contributed by atoms with Gasteiger partial charge in [0.25, 0.3) is 5.91 Å². The second kappa shape index (κ2) is 10.3. The molecule has 1 saturated heterocycles. The molecule has 172 valence electrons. The van der Waals surface area contributed by atoms with Crippen LogP contribution in [-0.2, 0) is 22.4 Å². The predicted octanol–water partition coefficient (Wildman–Crippen LogP) is 3.55. The van der Waals surface area contributed by atoms with Gasteiger partial charge in [-0.2, -0.15) is 0 Å². The van der Waals surface area contributed by atoms with Crippen LogP contribution in [0.4, 0.5) is 4.79 Å². The van der Waals surface area contributed by atoms with E-state index in [1.54, 1.807) is 0 Å². The van der Waals surface area contributed by atoms with Crippen LogP contribution in [-0.4, -0.2) is 46.4 Å². The second-order valence-electron chi connectivity index (χ2n) is 8.63. The molecule has 0 radical (unpaired) electrons. The van der Waals surface area contributed by atoms with Gasteiger partial charge >= 0.3 is 6.03 Å². The van der Waals surface area contributed by atoms with Crippen molar-refractivity contribution in [1.29, 1.82) is 0 Å². The topological polar surface area (TPSA) is 94.3 Å². The first kappa shape index (κ1) is 22.6. The highest BCUT2D eigenvalue weighted by Crippen LogP contribution is 2.19. The molecule has 2 aromatic carbocycles. The summed E-state index contributed by atoms with van der Waals surface area (Å²) in [6.07, 6.45) is 4.73. The van der Waals surface area contributed by atoms with Gasteiger partial charge in [0.2, 0.25) is 5.91 Å². The average molecular weight is 447 g/mol. The summed E-state index contributed by atoms with van der Waals surface area (Å²) in [6, 6.07) is 17.1. The number of aromatic amines is 1. The van der Waals surface area contributed by atoms with Gasteiger partial charge in [0.15, 0.2) is 0 Å². The number of urea groups is 1. The van der Waals surface area contributed by atoms with E-state index in [-0.39, 0.29) is 30.3 Å². The quantitative estimate of drug-likeness (QED) is 0.416. The lowest BCUT2D eigenvalue weighted by atomic mass is 10.1. The lowest BCUT2D eigenvalue weighted by Crippen LogP contribution is -2.36. The predicted molar refractivity (Wildman–Crippen MR) is 128 cm³/mol. The van der Waals surface area contributed by atoms with Gasteiger partial charge in [0.1, 0.15) is 6.04 Å². The molecule has 4 rings (SSSR count). The van der Waals surface area contributed by atoms with Gasteiger partial charge in [0, 0.05) is 36.1 Å². The van der Waals surface area contributed by atoms with Gasteiger partial charge in [-0.3, -0.25) is 14.5 Å². The van der Waals surface area contributed by atoms with Crippen molar-refractivity contribution in [1.82, 2.24) is 20.5 Å². The number of H-pyrrole nitrogens is 1. The summed E-state index contributed by atoms with van der Waals surface area (Å²) < 4.78 is 0. The van der Waals surface area contributed by atoms with Crippen molar-refractivity contribution in [2.24, 2.45) is 0 Å². The largest absolute Gasteiger partial charge is 0.361 e. The minimum atomic E-state index is -0.647. The number of para-hydroxylation sites is 1. The highest BCUT2D eigenvalue weighted by atomic mass is 16.2. The third-order valence-electron chi connectivity index (χ3n) is 6.16. The van der Waals surface area contributed by atoms with E-state index in [4.69, 9.17) is 0 Å². The summed E-state index contributed by atoms with van der Waals surface area (Å²) in [5.74, 6) is -0.361. The first-order valence-corrected chi connectivity index (χ1v) is 11.5. The van der Waals surface area contributed by atoms with Crippen LogP contribution in [0.1, 0.15) is 37.3 Å². The van der Waals surface area contributed by atoms with E-state index in [1.165, 1.54) is 10.5 Å². The normalized spacial score (nSPS) is 16.8. The number of carbonyl (C=O) groups is 3. The minimum absolute atomic E-state index is 0.0410. The lowest BCUT2D eigenvalue weighted by molar-refractivity contribution is -0.127. The lowest BCUT2D eigenvalue weighted by Gasteiger charge is -2.15. The Morgan fingerprint density at radius 1 is 1.06 bits per heavy atom. The first-order valence-electron chi connectivity index (χ1n) is 11.5. The second-order valence-corrected chi connectivity index (χ2v) is 8.63. The third-order valence-corrected chi connectivity index (χ3v) is 6.16.